The van der Waals surface area contributed by atoms with Crippen LogP contribution in [-0.2, 0) is 14.8 Å². The van der Waals surface area contributed by atoms with Crippen LogP contribution >= 0.6 is 0 Å². The van der Waals surface area contributed by atoms with Crippen LogP contribution in [0.5, 0.6) is 0 Å². The van der Waals surface area contributed by atoms with Gasteiger partial charge in [0.1, 0.15) is 11.6 Å². The number of amides is 1. The lowest BCUT2D eigenvalue weighted by molar-refractivity contribution is -0.127. The van der Waals surface area contributed by atoms with Gasteiger partial charge < -0.3 is 10.3 Å². The Morgan fingerprint density at radius 1 is 1.15 bits per heavy atom. The first kappa shape index (κ1) is 23.4. The zero-order valence-corrected chi connectivity index (χ0v) is 19.6. The molecule has 2 aromatic carbocycles. The van der Waals surface area contributed by atoms with Gasteiger partial charge in [0.15, 0.2) is 0 Å². The molecular weight excluding hydrogens is 443 g/mol. The molecule has 9 heteroatoms. The first-order chi connectivity index (χ1) is 15.7. The average molecular weight is 473 g/mol. The molecule has 4 rings (SSSR count). The molecule has 1 aliphatic rings. The third-order valence-electron chi connectivity index (χ3n) is 6.04. The lowest BCUT2D eigenvalue weighted by Crippen LogP contribution is -2.44. The van der Waals surface area contributed by atoms with Crippen LogP contribution in [0.25, 0.3) is 11.0 Å². The predicted molar refractivity (Wildman–Crippen MR) is 124 cm³/mol. The fourth-order valence-corrected chi connectivity index (χ4v) is 5.72. The van der Waals surface area contributed by atoms with Gasteiger partial charge in [-0.1, -0.05) is 26.0 Å². The van der Waals surface area contributed by atoms with Gasteiger partial charge in [-0.3, -0.25) is 4.79 Å². The second-order valence-corrected chi connectivity index (χ2v) is 10.9. The molecule has 1 amide bonds. The zero-order valence-electron chi connectivity index (χ0n) is 18.8. The van der Waals surface area contributed by atoms with Gasteiger partial charge in [0, 0.05) is 19.0 Å². The summed E-state index contributed by atoms with van der Waals surface area (Å²) in [5, 5.41) is 3.14. The lowest BCUT2D eigenvalue weighted by Gasteiger charge is -2.31. The van der Waals surface area contributed by atoms with Crippen molar-refractivity contribution in [3.63, 3.8) is 0 Å². The molecule has 1 unspecified atom stereocenters. The van der Waals surface area contributed by atoms with Gasteiger partial charge in [-0.05, 0) is 61.6 Å². The van der Waals surface area contributed by atoms with Gasteiger partial charge >= 0.3 is 0 Å². The number of nitrogens with zero attached hydrogens (tertiary/aromatic N) is 2. The Bertz CT molecular complexity index is 1180. The number of hydrogen-bond donors (Lipinski definition) is 2. The topological polar surface area (TPSA) is 95.2 Å². The molecular formula is C24H29FN4O3S. The van der Waals surface area contributed by atoms with Gasteiger partial charge in [-0.2, -0.15) is 4.31 Å². The number of H-pyrrole nitrogens is 1. The van der Waals surface area contributed by atoms with Crippen molar-refractivity contribution in [2.24, 2.45) is 11.8 Å². The molecule has 176 valence electrons. The van der Waals surface area contributed by atoms with E-state index < -0.39 is 15.8 Å². The predicted octanol–water partition coefficient (Wildman–Crippen LogP) is 4.01. The Hall–Kier alpha value is -2.78. The Balaban J connectivity index is 1.42. The molecule has 0 radical (unpaired) electrons. The van der Waals surface area contributed by atoms with Crippen LogP contribution < -0.4 is 5.32 Å². The number of fused-ring (bicyclic) bond motifs is 1. The number of nitrogens with one attached hydrogen (secondary N) is 2. The van der Waals surface area contributed by atoms with E-state index in [9.17, 15) is 17.6 Å². The van der Waals surface area contributed by atoms with Crippen molar-refractivity contribution in [2.75, 3.05) is 13.1 Å². The average Bonchev–Trinajstić information content (AvgIpc) is 3.23. The van der Waals surface area contributed by atoms with Crippen molar-refractivity contribution < 1.29 is 17.6 Å². The minimum atomic E-state index is -3.70. The van der Waals surface area contributed by atoms with Crippen molar-refractivity contribution in [3.05, 3.63) is 60.2 Å². The summed E-state index contributed by atoms with van der Waals surface area (Å²) in [5.41, 5.74) is 1.78. The van der Waals surface area contributed by atoms with Gasteiger partial charge in [0.05, 0.1) is 22.0 Å². The number of imidazole rings is 1. The van der Waals surface area contributed by atoms with Crippen LogP contribution in [0.1, 0.15) is 45.0 Å². The van der Waals surface area contributed by atoms with Gasteiger partial charge in [0.25, 0.3) is 0 Å². The van der Waals surface area contributed by atoms with Crippen molar-refractivity contribution in [1.29, 1.82) is 0 Å². The molecule has 1 aromatic heterocycles. The van der Waals surface area contributed by atoms with E-state index in [1.807, 2.05) is 24.3 Å². The molecule has 2 N–H and O–H groups in total. The number of sulfonamides is 1. The summed E-state index contributed by atoms with van der Waals surface area (Å²) in [6.07, 6.45) is 1.60. The molecule has 1 saturated heterocycles. The number of aromatic amines is 1. The Kier molecular flexibility index (Phi) is 6.81. The van der Waals surface area contributed by atoms with E-state index in [1.165, 1.54) is 16.4 Å². The number of piperidine rings is 1. The second-order valence-electron chi connectivity index (χ2n) is 8.96. The van der Waals surface area contributed by atoms with Crippen LogP contribution in [0.4, 0.5) is 4.39 Å². The smallest absolute Gasteiger partial charge is 0.243 e. The SMILES string of the molecule is CC(C)CC(NC(=O)C1CCN(S(=O)(=O)c2ccc(F)cc2)CC1)c1nc2ccccc2[nH]1. The molecule has 0 saturated carbocycles. The maximum absolute atomic E-state index is 13.2. The highest BCUT2D eigenvalue weighted by Gasteiger charge is 2.33. The summed E-state index contributed by atoms with van der Waals surface area (Å²) < 4.78 is 40.2. The van der Waals surface area contributed by atoms with Gasteiger partial charge in [0.2, 0.25) is 15.9 Å². The maximum Gasteiger partial charge on any atom is 0.243 e. The molecule has 33 heavy (non-hydrogen) atoms. The van der Waals surface area contributed by atoms with Crippen molar-refractivity contribution >= 4 is 27.0 Å². The molecule has 1 aliphatic heterocycles. The first-order valence-electron chi connectivity index (χ1n) is 11.2. The van der Waals surface area contributed by atoms with E-state index in [-0.39, 0.29) is 35.9 Å². The number of benzene rings is 2. The highest BCUT2D eigenvalue weighted by atomic mass is 32.2. The number of carbonyl (C=O) groups is 1. The van der Waals surface area contributed by atoms with Crippen LogP contribution in [-0.4, -0.2) is 41.7 Å². The largest absolute Gasteiger partial charge is 0.346 e. The number of halogens is 1. The zero-order chi connectivity index (χ0) is 23.6. The molecule has 0 bridgehead atoms. The maximum atomic E-state index is 13.2. The standard InChI is InChI=1S/C24H29FN4O3S/c1-16(2)15-22(23-26-20-5-3-4-6-21(20)27-23)28-24(30)17-11-13-29(14-12-17)33(31,32)19-9-7-18(25)8-10-19/h3-10,16-17,22H,11-15H2,1-2H3,(H,26,27)(H,28,30). The van der Waals surface area contributed by atoms with Crippen molar-refractivity contribution in [3.8, 4) is 0 Å². The summed E-state index contributed by atoms with van der Waals surface area (Å²) in [6, 6.07) is 12.3. The first-order valence-corrected chi connectivity index (χ1v) is 12.7. The normalized spacial score (nSPS) is 16.8. The molecule has 1 atom stereocenters. The minimum Gasteiger partial charge on any atom is -0.346 e. The third kappa shape index (κ3) is 5.25. The number of rotatable bonds is 7. The monoisotopic (exact) mass is 472 g/mol. The van der Waals surface area contributed by atoms with Crippen LogP contribution in [0.2, 0.25) is 0 Å². The quantitative estimate of drug-likeness (QED) is 0.543. The second kappa shape index (κ2) is 9.61. The molecule has 0 spiro atoms. The number of aromatic nitrogens is 2. The Labute approximate surface area is 193 Å². The van der Waals surface area contributed by atoms with Gasteiger partial charge in [-0.15, -0.1) is 0 Å². The van der Waals surface area contributed by atoms with E-state index in [0.717, 1.165) is 35.4 Å². The summed E-state index contributed by atoms with van der Waals surface area (Å²) in [6.45, 7) is 4.69. The van der Waals surface area contributed by atoms with Crippen molar-refractivity contribution in [1.82, 2.24) is 19.6 Å². The van der Waals surface area contributed by atoms with Crippen LogP contribution in [0, 0.1) is 17.7 Å². The number of para-hydroxylation sites is 2. The third-order valence-corrected chi connectivity index (χ3v) is 7.95. The van der Waals surface area contributed by atoms with E-state index in [4.69, 9.17) is 0 Å². The highest BCUT2D eigenvalue weighted by molar-refractivity contribution is 7.89. The van der Waals surface area contributed by atoms with Crippen LogP contribution in [0.15, 0.2) is 53.4 Å². The molecule has 7 nitrogen and oxygen atoms in total. The van der Waals surface area contributed by atoms with E-state index in [2.05, 4.69) is 29.1 Å². The summed E-state index contributed by atoms with van der Waals surface area (Å²) in [4.78, 5) is 21.1. The minimum absolute atomic E-state index is 0.0636. The Morgan fingerprint density at radius 2 is 1.82 bits per heavy atom. The number of carbonyl (C=O) groups excluding carboxylic acids is 1. The molecule has 2 heterocycles. The fraction of sp³-hybridized carbons (Fsp3) is 0.417. The molecule has 3 aromatic rings. The highest BCUT2D eigenvalue weighted by Crippen LogP contribution is 2.27. The summed E-state index contributed by atoms with van der Waals surface area (Å²) in [5.74, 6) is 0.245. The van der Waals surface area contributed by atoms with Crippen molar-refractivity contribution in [2.45, 2.75) is 44.0 Å². The molecule has 0 aliphatic carbocycles. The Morgan fingerprint density at radius 3 is 2.45 bits per heavy atom. The van der Waals surface area contributed by atoms with E-state index in [1.54, 1.807) is 0 Å². The summed E-state index contributed by atoms with van der Waals surface area (Å²) in [7, 11) is -3.70. The lowest BCUT2D eigenvalue weighted by atomic mass is 9.95. The van der Waals surface area contributed by atoms with E-state index >= 15 is 0 Å². The van der Waals surface area contributed by atoms with Crippen LogP contribution in [0.3, 0.4) is 0 Å². The summed E-state index contributed by atoms with van der Waals surface area (Å²) >= 11 is 0. The number of hydrogen-bond acceptors (Lipinski definition) is 4. The fourth-order valence-electron chi connectivity index (χ4n) is 4.25. The molecule has 1 fully saturated rings. The van der Waals surface area contributed by atoms with Gasteiger partial charge in [-0.25, -0.2) is 17.8 Å². The van der Waals surface area contributed by atoms with E-state index in [0.29, 0.717) is 18.8 Å².